The highest BCUT2D eigenvalue weighted by Gasteiger charge is 2.06. The highest BCUT2D eigenvalue weighted by Crippen LogP contribution is 1.99. The molecular formula is C16H33IN6. The minimum absolute atomic E-state index is 0. The fraction of sp³-hybridized carbons (Fsp3) is 0.750. The smallest absolute Gasteiger partial charge is 0.191 e. The van der Waals surface area contributed by atoms with Crippen LogP contribution in [0.1, 0.15) is 33.6 Å². The van der Waals surface area contributed by atoms with Crippen LogP contribution in [0.2, 0.25) is 0 Å². The molecule has 1 rings (SSSR count). The van der Waals surface area contributed by atoms with Crippen molar-refractivity contribution >= 4 is 29.9 Å². The second-order valence-corrected chi connectivity index (χ2v) is 5.51. The van der Waals surface area contributed by atoms with Gasteiger partial charge in [-0.1, -0.05) is 13.8 Å². The summed E-state index contributed by atoms with van der Waals surface area (Å²) in [4.78, 5) is 10.8. The second-order valence-electron chi connectivity index (χ2n) is 5.51. The molecule has 0 saturated carbocycles. The standard InChI is InChI=1S/C16H32N6.HI/c1-5-21(6-2)11-7-8-15(3)20-16(17-4)19-10-13-22-12-9-18-14-22;/h9,12,14-15H,5-8,10-11,13H2,1-4H3,(H2,17,19,20);1H. The molecule has 0 aliphatic rings. The molecule has 0 radical (unpaired) electrons. The zero-order valence-electron chi connectivity index (χ0n) is 15.0. The third kappa shape index (κ3) is 9.80. The zero-order valence-corrected chi connectivity index (χ0v) is 17.3. The molecule has 0 amide bonds. The van der Waals surface area contributed by atoms with Crippen LogP contribution >= 0.6 is 24.0 Å². The third-order valence-electron chi connectivity index (χ3n) is 3.83. The molecule has 1 aromatic rings. The normalized spacial score (nSPS) is 12.8. The monoisotopic (exact) mass is 436 g/mol. The van der Waals surface area contributed by atoms with Crippen LogP contribution < -0.4 is 10.6 Å². The molecule has 0 fully saturated rings. The van der Waals surface area contributed by atoms with E-state index in [-0.39, 0.29) is 24.0 Å². The molecule has 23 heavy (non-hydrogen) atoms. The molecule has 1 unspecified atom stereocenters. The Kier molecular flexibility index (Phi) is 13.1. The lowest BCUT2D eigenvalue weighted by Crippen LogP contribution is -2.43. The minimum atomic E-state index is 0. The SMILES string of the molecule is CCN(CC)CCCC(C)NC(=NC)NCCn1ccnc1.I. The molecular weight excluding hydrogens is 403 g/mol. The Morgan fingerprint density at radius 1 is 1.35 bits per heavy atom. The number of hydrogen-bond donors (Lipinski definition) is 2. The van der Waals surface area contributed by atoms with E-state index in [1.807, 2.05) is 24.1 Å². The van der Waals surface area contributed by atoms with Crippen LogP contribution in [0.3, 0.4) is 0 Å². The summed E-state index contributed by atoms with van der Waals surface area (Å²) in [6.45, 7) is 11.8. The van der Waals surface area contributed by atoms with Crippen LogP contribution in [-0.4, -0.2) is 59.7 Å². The van der Waals surface area contributed by atoms with Crippen molar-refractivity contribution in [2.45, 2.75) is 46.2 Å². The van der Waals surface area contributed by atoms with E-state index in [0.717, 1.165) is 38.6 Å². The van der Waals surface area contributed by atoms with Gasteiger partial charge < -0.3 is 20.1 Å². The fourth-order valence-corrected chi connectivity index (χ4v) is 2.38. The number of aromatic nitrogens is 2. The van der Waals surface area contributed by atoms with Crippen molar-refractivity contribution in [3.05, 3.63) is 18.7 Å². The first-order valence-corrected chi connectivity index (χ1v) is 8.34. The lowest BCUT2D eigenvalue weighted by molar-refractivity contribution is 0.292. The van der Waals surface area contributed by atoms with E-state index >= 15 is 0 Å². The fourth-order valence-electron chi connectivity index (χ4n) is 2.38. The maximum Gasteiger partial charge on any atom is 0.191 e. The van der Waals surface area contributed by atoms with E-state index in [1.165, 1.54) is 13.0 Å². The van der Waals surface area contributed by atoms with Gasteiger partial charge in [0, 0.05) is 38.6 Å². The number of nitrogens with one attached hydrogen (secondary N) is 2. The molecule has 6 nitrogen and oxygen atoms in total. The van der Waals surface area contributed by atoms with Crippen LogP contribution in [0.15, 0.2) is 23.7 Å². The summed E-state index contributed by atoms with van der Waals surface area (Å²) in [6.07, 6.45) is 7.95. The summed E-state index contributed by atoms with van der Waals surface area (Å²) in [7, 11) is 1.81. The highest BCUT2D eigenvalue weighted by atomic mass is 127. The number of halogens is 1. The van der Waals surface area contributed by atoms with Crippen LogP contribution in [0.4, 0.5) is 0 Å². The van der Waals surface area contributed by atoms with Gasteiger partial charge in [0.2, 0.25) is 0 Å². The largest absolute Gasteiger partial charge is 0.355 e. The number of rotatable bonds is 10. The first kappa shape index (κ1) is 22.2. The molecule has 134 valence electrons. The average molecular weight is 436 g/mol. The van der Waals surface area contributed by atoms with Crippen molar-refractivity contribution in [1.82, 2.24) is 25.1 Å². The van der Waals surface area contributed by atoms with E-state index < -0.39 is 0 Å². The molecule has 0 aliphatic heterocycles. The Bertz CT molecular complexity index is 403. The summed E-state index contributed by atoms with van der Waals surface area (Å²) >= 11 is 0. The van der Waals surface area contributed by atoms with Gasteiger partial charge in [-0.2, -0.15) is 0 Å². The van der Waals surface area contributed by atoms with Crippen molar-refractivity contribution in [3.8, 4) is 0 Å². The van der Waals surface area contributed by atoms with Crippen molar-refractivity contribution in [2.24, 2.45) is 4.99 Å². The first-order valence-electron chi connectivity index (χ1n) is 8.34. The molecule has 0 bridgehead atoms. The Balaban J connectivity index is 0.00000484. The van der Waals surface area contributed by atoms with Gasteiger partial charge in [0.05, 0.1) is 6.33 Å². The summed E-state index contributed by atoms with van der Waals surface area (Å²) in [5, 5.41) is 6.79. The molecule has 1 atom stereocenters. The van der Waals surface area contributed by atoms with Gasteiger partial charge in [-0.3, -0.25) is 4.99 Å². The van der Waals surface area contributed by atoms with Crippen LogP contribution in [0, 0.1) is 0 Å². The van der Waals surface area contributed by atoms with Crippen molar-refractivity contribution in [3.63, 3.8) is 0 Å². The highest BCUT2D eigenvalue weighted by molar-refractivity contribution is 14.0. The molecule has 0 aliphatic carbocycles. The van der Waals surface area contributed by atoms with E-state index in [4.69, 9.17) is 0 Å². The molecule has 2 N–H and O–H groups in total. The zero-order chi connectivity index (χ0) is 16.2. The van der Waals surface area contributed by atoms with Gasteiger partial charge in [-0.15, -0.1) is 24.0 Å². The van der Waals surface area contributed by atoms with Gasteiger partial charge in [0.1, 0.15) is 0 Å². The van der Waals surface area contributed by atoms with E-state index in [2.05, 4.69) is 46.3 Å². The maximum atomic E-state index is 4.28. The van der Waals surface area contributed by atoms with E-state index in [1.54, 1.807) is 6.20 Å². The molecule has 0 aromatic carbocycles. The third-order valence-corrected chi connectivity index (χ3v) is 3.83. The molecule has 7 heteroatoms. The number of imidazole rings is 1. The summed E-state index contributed by atoms with van der Waals surface area (Å²) < 4.78 is 2.05. The molecule has 1 aromatic heterocycles. The number of nitrogens with zero attached hydrogens (tertiary/aromatic N) is 4. The average Bonchev–Trinajstić information content (AvgIpc) is 3.04. The van der Waals surface area contributed by atoms with E-state index in [0.29, 0.717) is 6.04 Å². The predicted octanol–water partition coefficient (Wildman–Crippen LogP) is 2.18. The number of guanidine groups is 1. The first-order chi connectivity index (χ1) is 10.7. The Morgan fingerprint density at radius 3 is 2.65 bits per heavy atom. The molecule has 0 saturated heterocycles. The van der Waals surface area contributed by atoms with Gasteiger partial charge in [0.15, 0.2) is 5.96 Å². The Labute approximate surface area is 158 Å². The second kappa shape index (κ2) is 13.6. The van der Waals surface area contributed by atoms with Crippen LogP contribution in [0.5, 0.6) is 0 Å². The van der Waals surface area contributed by atoms with Crippen molar-refractivity contribution in [2.75, 3.05) is 33.2 Å². The maximum absolute atomic E-state index is 4.28. The van der Waals surface area contributed by atoms with Crippen LogP contribution in [0.25, 0.3) is 0 Å². The summed E-state index contributed by atoms with van der Waals surface area (Å²) in [5.74, 6) is 0.871. The summed E-state index contributed by atoms with van der Waals surface area (Å²) in [6, 6.07) is 0.426. The predicted molar refractivity (Wildman–Crippen MR) is 109 cm³/mol. The quantitative estimate of drug-likeness (QED) is 0.336. The minimum Gasteiger partial charge on any atom is -0.355 e. The topological polar surface area (TPSA) is 57.5 Å². The number of hydrogen-bond acceptors (Lipinski definition) is 3. The summed E-state index contributed by atoms with van der Waals surface area (Å²) in [5.41, 5.74) is 0. The van der Waals surface area contributed by atoms with Crippen molar-refractivity contribution in [1.29, 1.82) is 0 Å². The Hall–Kier alpha value is -0.830. The van der Waals surface area contributed by atoms with Crippen LogP contribution in [-0.2, 0) is 6.54 Å². The molecule has 1 heterocycles. The van der Waals surface area contributed by atoms with Gasteiger partial charge in [0.25, 0.3) is 0 Å². The molecule has 0 spiro atoms. The lowest BCUT2D eigenvalue weighted by atomic mass is 10.2. The van der Waals surface area contributed by atoms with Gasteiger partial charge in [-0.25, -0.2) is 4.98 Å². The van der Waals surface area contributed by atoms with Gasteiger partial charge >= 0.3 is 0 Å². The lowest BCUT2D eigenvalue weighted by Gasteiger charge is -2.21. The number of aliphatic imine (C=N–C) groups is 1. The van der Waals surface area contributed by atoms with Crippen molar-refractivity contribution < 1.29 is 0 Å². The Morgan fingerprint density at radius 2 is 2.09 bits per heavy atom. The van der Waals surface area contributed by atoms with Gasteiger partial charge in [-0.05, 0) is 39.4 Å². The van der Waals surface area contributed by atoms with E-state index in [9.17, 15) is 0 Å².